The van der Waals surface area contributed by atoms with E-state index in [1.54, 1.807) is 0 Å². The third kappa shape index (κ3) is 2.92. The maximum atomic E-state index is 5.50. The molecular formula is C15H25N5O. The highest BCUT2D eigenvalue weighted by Crippen LogP contribution is 2.32. The predicted octanol–water partition coefficient (Wildman–Crippen LogP) is 0.895. The fourth-order valence-corrected chi connectivity index (χ4v) is 4.05. The Morgan fingerprint density at radius 3 is 2.57 bits per heavy atom. The summed E-state index contributed by atoms with van der Waals surface area (Å²) in [6.07, 6.45) is 6.18. The lowest BCUT2D eigenvalue weighted by molar-refractivity contribution is 0.270. The van der Waals surface area contributed by atoms with Crippen LogP contribution in [0.5, 0.6) is 0 Å². The molecule has 2 bridgehead atoms. The Balaban J connectivity index is 1.36. The van der Waals surface area contributed by atoms with E-state index >= 15 is 0 Å². The van der Waals surface area contributed by atoms with E-state index in [0.717, 1.165) is 56.5 Å². The zero-order valence-electron chi connectivity index (χ0n) is 12.8. The molecule has 0 radical (unpaired) electrons. The second-order valence-electron chi connectivity index (χ2n) is 6.96. The van der Waals surface area contributed by atoms with Crippen molar-refractivity contribution < 1.29 is 4.52 Å². The van der Waals surface area contributed by atoms with E-state index in [2.05, 4.69) is 32.3 Å². The first-order chi connectivity index (χ1) is 10.3. The van der Waals surface area contributed by atoms with Crippen LogP contribution in [0.15, 0.2) is 4.52 Å². The van der Waals surface area contributed by atoms with Crippen LogP contribution in [-0.2, 0) is 6.42 Å². The van der Waals surface area contributed by atoms with Crippen molar-refractivity contribution in [2.75, 3.05) is 38.1 Å². The maximum absolute atomic E-state index is 5.50. The predicted molar refractivity (Wildman–Crippen MR) is 80.4 cm³/mol. The highest BCUT2D eigenvalue weighted by atomic mass is 16.5. The van der Waals surface area contributed by atoms with Gasteiger partial charge in [0.2, 0.25) is 5.89 Å². The van der Waals surface area contributed by atoms with E-state index < -0.39 is 0 Å². The number of hydrogen-bond donors (Lipinski definition) is 1. The Hall–Kier alpha value is -1.14. The molecule has 6 heteroatoms. The highest BCUT2D eigenvalue weighted by molar-refractivity contribution is 5.28. The Labute approximate surface area is 125 Å². The molecule has 21 heavy (non-hydrogen) atoms. The Morgan fingerprint density at radius 2 is 1.86 bits per heavy atom. The summed E-state index contributed by atoms with van der Waals surface area (Å²) < 4.78 is 5.50. The van der Waals surface area contributed by atoms with Gasteiger partial charge in [-0.15, -0.1) is 0 Å². The standard InChI is InChI=1S/C15H25N5O/c1-19-4-6-20(7-5-19)15-17-14(21-18-15)10-11-8-12-2-3-13(9-11)16-12/h11-13,16H,2-10H2,1H3. The van der Waals surface area contributed by atoms with E-state index in [4.69, 9.17) is 4.52 Å². The highest BCUT2D eigenvalue weighted by Gasteiger charge is 2.34. The van der Waals surface area contributed by atoms with Gasteiger partial charge < -0.3 is 19.6 Å². The Bertz CT molecular complexity index is 470. The number of nitrogens with zero attached hydrogens (tertiary/aromatic N) is 4. The molecule has 0 aliphatic carbocycles. The van der Waals surface area contributed by atoms with Crippen LogP contribution in [0.2, 0.25) is 0 Å². The monoisotopic (exact) mass is 291 g/mol. The van der Waals surface area contributed by atoms with Crippen molar-refractivity contribution in [3.05, 3.63) is 5.89 Å². The van der Waals surface area contributed by atoms with Crippen molar-refractivity contribution in [2.24, 2.45) is 5.92 Å². The topological polar surface area (TPSA) is 57.4 Å². The van der Waals surface area contributed by atoms with Gasteiger partial charge in [-0.2, -0.15) is 4.98 Å². The quantitative estimate of drug-likeness (QED) is 0.893. The molecule has 4 heterocycles. The molecule has 0 aromatic carbocycles. The van der Waals surface area contributed by atoms with E-state index in [-0.39, 0.29) is 0 Å². The normalized spacial score (nSPS) is 33.6. The summed E-state index contributed by atoms with van der Waals surface area (Å²) >= 11 is 0. The van der Waals surface area contributed by atoms with Gasteiger partial charge in [-0.25, -0.2) is 0 Å². The van der Waals surface area contributed by atoms with Gasteiger partial charge >= 0.3 is 0 Å². The van der Waals surface area contributed by atoms with Gasteiger partial charge in [0.15, 0.2) is 0 Å². The molecular weight excluding hydrogens is 266 g/mol. The molecule has 3 aliphatic rings. The number of nitrogens with one attached hydrogen (secondary N) is 1. The van der Waals surface area contributed by atoms with Crippen LogP contribution in [0.3, 0.4) is 0 Å². The van der Waals surface area contributed by atoms with Gasteiger partial charge in [0.1, 0.15) is 0 Å². The lowest BCUT2D eigenvalue weighted by Crippen LogP contribution is -2.44. The summed E-state index contributed by atoms with van der Waals surface area (Å²) in [5, 5.41) is 7.88. The summed E-state index contributed by atoms with van der Waals surface area (Å²) in [7, 11) is 2.16. The van der Waals surface area contributed by atoms with Gasteiger partial charge in [0, 0.05) is 44.7 Å². The summed E-state index contributed by atoms with van der Waals surface area (Å²) in [5.74, 6) is 2.33. The van der Waals surface area contributed by atoms with Crippen molar-refractivity contribution in [1.82, 2.24) is 20.4 Å². The third-order valence-corrected chi connectivity index (χ3v) is 5.28. The van der Waals surface area contributed by atoms with Gasteiger partial charge in [-0.3, -0.25) is 0 Å². The second kappa shape index (κ2) is 5.57. The number of piperidine rings is 1. The van der Waals surface area contributed by atoms with Crippen LogP contribution < -0.4 is 10.2 Å². The number of anilines is 1. The molecule has 2 atom stereocenters. The van der Waals surface area contributed by atoms with Crippen molar-refractivity contribution in [3.63, 3.8) is 0 Å². The summed E-state index contributed by atoms with van der Waals surface area (Å²) in [5.41, 5.74) is 0. The van der Waals surface area contributed by atoms with Crippen molar-refractivity contribution in [1.29, 1.82) is 0 Å². The molecule has 0 saturated carbocycles. The summed E-state index contributed by atoms with van der Waals surface area (Å²) in [4.78, 5) is 9.20. The minimum absolute atomic E-state index is 0.713. The van der Waals surface area contributed by atoms with Gasteiger partial charge in [-0.1, -0.05) is 0 Å². The number of rotatable bonds is 3. The van der Waals surface area contributed by atoms with Crippen LogP contribution in [-0.4, -0.2) is 60.4 Å². The fourth-order valence-electron chi connectivity index (χ4n) is 4.05. The van der Waals surface area contributed by atoms with Crippen molar-refractivity contribution >= 4 is 5.95 Å². The second-order valence-corrected chi connectivity index (χ2v) is 6.96. The van der Waals surface area contributed by atoms with Crippen LogP contribution >= 0.6 is 0 Å². The van der Waals surface area contributed by atoms with Crippen LogP contribution in [0.4, 0.5) is 5.95 Å². The number of fused-ring (bicyclic) bond motifs is 2. The maximum Gasteiger partial charge on any atom is 0.266 e. The van der Waals surface area contributed by atoms with Crippen LogP contribution in [0, 0.1) is 5.92 Å². The lowest BCUT2D eigenvalue weighted by Gasteiger charge is -2.31. The molecule has 1 N–H and O–H groups in total. The smallest absolute Gasteiger partial charge is 0.266 e. The van der Waals surface area contributed by atoms with E-state index in [9.17, 15) is 0 Å². The first kappa shape index (κ1) is 13.5. The van der Waals surface area contributed by atoms with E-state index in [0.29, 0.717) is 5.92 Å². The molecule has 0 spiro atoms. The van der Waals surface area contributed by atoms with E-state index in [1.807, 2.05) is 0 Å². The minimum Gasteiger partial charge on any atom is -0.337 e. The molecule has 2 unspecified atom stereocenters. The molecule has 1 aromatic rings. The lowest BCUT2D eigenvalue weighted by atomic mass is 9.90. The SMILES string of the molecule is CN1CCN(c2noc(CC3CC4CCC(C3)N4)n2)CC1. The fraction of sp³-hybridized carbons (Fsp3) is 0.867. The number of aromatic nitrogens is 2. The summed E-state index contributed by atoms with van der Waals surface area (Å²) in [6.45, 7) is 4.13. The Kier molecular flexibility index (Phi) is 3.59. The first-order valence-corrected chi connectivity index (χ1v) is 8.28. The number of piperazine rings is 1. The average Bonchev–Trinajstić information content (AvgIpc) is 3.07. The molecule has 3 aliphatic heterocycles. The van der Waals surface area contributed by atoms with Gasteiger partial charge in [-0.05, 0) is 43.8 Å². The number of likely N-dealkylation sites (N-methyl/N-ethyl adjacent to an activating group) is 1. The first-order valence-electron chi connectivity index (χ1n) is 8.28. The van der Waals surface area contributed by atoms with Crippen molar-refractivity contribution in [3.8, 4) is 0 Å². The van der Waals surface area contributed by atoms with Crippen LogP contribution in [0.1, 0.15) is 31.6 Å². The molecule has 3 fully saturated rings. The average molecular weight is 291 g/mol. The Morgan fingerprint density at radius 1 is 1.14 bits per heavy atom. The van der Waals surface area contributed by atoms with Crippen molar-refractivity contribution in [2.45, 2.75) is 44.2 Å². The largest absolute Gasteiger partial charge is 0.337 e. The molecule has 1 aromatic heterocycles. The summed E-state index contributed by atoms with van der Waals surface area (Å²) in [6, 6.07) is 1.46. The van der Waals surface area contributed by atoms with E-state index in [1.165, 1.54) is 25.7 Å². The molecule has 0 amide bonds. The van der Waals surface area contributed by atoms with Gasteiger partial charge in [0.25, 0.3) is 5.95 Å². The number of hydrogen-bond acceptors (Lipinski definition) is 6. The molecule has 4 rings (SSSR count). The zero-order chi connectivity index (χ0) is 14.2. The zero-order valence-corrected chi connectivity index (χ0v) is 12.8. The third-order valence-electron chi connectivity index (χ3n) is 5.28. The minimum atomic E-state index is 0.713. The molecule has 6 nitrogen and oxygen atoms in total. The van der Waals surface area contributed by atoms with Gasteiger partial charge in [0.05, 0.1) is 0 Å². The molecule has 116 valence electrons. The molecule has 3 saturated heterocycles. The van der Waals surface area contributed by atoms with Crippen LogP contribution in [0.25, 0.3) is 0 Å².